The first-order valence-corrected chi connectivity index (χ1v) is 5.10. The van der Waals surface area contributed by atoms with Crippen LogP contribution in [0.25, 0.3) is 0 Å². The summed E-state index contributed by atoms with van der Waals surface area (Å²) >= 11 is 0. The largest absolute Gasteiger partial charge is 0.477 e. The Morgan fingerprint density at radius 2 is 2.56 bits per heavy atom. The number of hydrogen-bond donors (Lipinski definition) is 1. The zero-order valence-electron chi connectivity index (χ0n) is 9.10. The van der Waals surface area contributed by atoms with Crippen molar-refractivity contribution >= 4 is 5.97 Å². The molecule has 1 aliphatic heterocycles. The van der Waals surface area contributed by atoms with E-state index in [1.807, 2.05) is 6.07 Å². The van der Waals surface area contributed by atoms with Gasteiger partial charge in [-0.2, -0.15) is 0 Å². The van der Waals surface area contributed by atoms with Crippen molar-refractivity contribution in [2.24, 2.45) is 5.73 Å². The van der Waals surface area contributed by atoms with Gasteiger partial charge in [0.1, 0.15) is 0 Å². The lowest BCUT2D eigenvalue weighted by Gasteiger charge is -2.33. The number of methoxy groups -OCH3 is 1. The number of carbonyl (C=O) groups is 1. The molecule has 1 aliphatic rings. The Morgan fingerprint density at radius 1 is 1.75 bits per heavy atom. The molecule has 0 saturated heterocycles. The van der Waals surface area contributed by atoms with Gasteiger partial charge in [-0.15, -0.1) is 0 Å². The predicted octanol–water partition coefficient (Wildman–Crippen LogP) is 0.581. The van der Waals surface area contributed by atoms with Crippen LogP contribution in [0.5, 0.6) is 5.88 Å². The third kappa shape index (κ3) is 1.86. The van der Waals surface area contributed by atoms with Crippen LogP contribution in [0.4, 0.5) is 0 Å². The van der Waals surface area contributed by atoms with Gasteiger partial charge in [0.25, 0.3) is 0 Å². The molecular weight excluding hydrogens is 208 g/mol. The molecular formula is C11H14N2O3. The molecule has 0 fully saturated rings. The van der Waals surface area contributed by atoms with Gasteiger partial charge in [0, 0.05) is 18.2 Å². The summed E-state index contributed by atoms with van der Waals surface area (Å²) in [5.41, 5.74) is 6.27. The van der Waals surface area contributed by atoms with Gasteiger partial charge in [0.05, 0.1) is 25.7 Å². The number of rotatable bonds is 2. The smallest absolute Gasteiger partial charge is 0.307 e. The van der Waals surface area contributed by atoms with Crippen molar-refractivity contribution in [2.75, 3.05) is 13.7 Å². The first kappa shape index (κ1) is 10.9. The van der Waals surface area contributed by atoms with Gasteiger partial charge in [-0.1, -0.05) is 6.07 Å². The molecule has 0 aliphatic carbocycles. The second-order valence-corrected chi connectivity index (χ2v) is 3.86. The second-order valence-electron chi connectivity index (χ2n) is 3.86. The van der Waals surface area contributed by atoms with Crippen LogP contribution in [-0.4, -0.2) is 24.7 Å². The SMILES string of the molecule is COC(=O)CC1(N)CCOc2ncccc21. The molecule has 1 unspecified atom stereocenters. The molecule has 2 rings (SSSR count). The molecule has 2 heterocycles. The highest BCUT2D eigenvalue weighted by molar-refractivity contribution is 5.71. The summed E-state index contributed by atoms with van der Waals surface area (Å²) in [6, 6.07) is 3.62. The van der Waals surface area contributed by atoms with Crippen LogP contribution in [0.3, 0.4) is 0 Å². The molecule has 86 valence electrons. The Hall–Kier alpha value is -1.62. The van der Waals surface area contributed by atoms with Crippen molar-refractivity contribution in [1.82, 2.24) is 4.98 Å². The number of carbonyl (C=O) groups excluding carboxylic acids is 1. The maximum Gasteiger partial charge on any atom is 0.307 e. The highest BCUT2D eigenvalue weighted by atomic mass is 16.5. The molecule has 5 heteroatoms. The molecule has 1 aromatic rings. The summed E-state index contributed by atoms with van der Waals surface area (Å²) < 4.78 is 10.0. The summed E-state index contributed by atoms with van der Waals surface area (Å²) in [7, 11) is 1.36. The Morgan fingerprint density at radius 3 is 3.31 bits per heavy atom. The van der Waals surface area contributed by atoms with Gasteiger partial charge in [-0.25, -0.2) is 4.98 Å². The van der Waals surface area contributed by atoms with Crippen molar-refractivity contribution in [3.8, 4) is 5.88 Å². The van der Waals surface area contributed by atoms with Gasteiger partial charge in [0.15, 0.2) is 0 Å². The van der Waals surface area contributed by atoms with Crippen molar-refractivity contribution in [2.45, 2.75) is 18.4 Å². The van der Waals surface area contributed by atoms with E-state index in [2.05, 4.69) is 9.72 Å². The van der Waals surface area contributed by atoms with Gasteiger partial charge in [0.2, 0.25) is 5.88 Å². The van der Waals surface area contributed by atoms with Gasteiger partial charge >= 0.3 is 5.97 Å². The average molecular weight is 222 g/mol. The number of nitrogens with two attached hydrogens (primary N) is 1. The fourth-order valence-electron chi connectivity index (χ4n) is 1.86. The predicted molar refractivity (Wildman–Crippen MR) is 56.8 cm³/mol. The van der Waals surface area contributed by atoms with E-state index in [1.165, 1.54) is 7.11 Å². The molecule has 0 spiro atoms. The third-order valence-corrected chi connectivity index (χ3v) is 2.78. The lowest BCUT2D eigenvalue weighted by molar-refractivity contribution is -0.142. The molecule has 0 bridgehead atoms. The van der Waals surface area contributed by atoms with E-state index in [0.29, 0.717) is 18.9 Å². The Labute approximate surface area is 93.6 Å². The minimum atomic E-state index is -0.727. The van der Waals surface area contributed by atoms with E-state index >= 15 is 0 Å². The fourth-order valence-corrected chi connectivity index (χ4v) is 1.86. The minimum absolute atomic E-state index is 0.144. The van der Waals surface area contributed by atoms with Crippen LogP contribution < -0.4 is 10.5 Å². The van der Waals surface area contributed by atoms with Crippen LogP contribution in [0, 0.1) is 0 Å². The maximum absolute atomic E-state index is 11.3. The van der Waals surface area contributed by atoms with E-state index in [4.69, 9.17) is 10.5 Å². The molecule has 0 aromatic carbocycles. The fraction of sp³-hybridized carbons (Fsp3) is 0.455. The molecule has 2 N–H and O–H groups in total. The monoisotopic (exact) mass is 222 g/mol. The molecule has 0 saturated carbocycles. The number of esters is 1. The zero-order valence-corrected chi connectivity index (χ0v) is 9.10. The van der Waals surface area contributed by atoms with E-state index in [1.54, 1.807) is 12.3 Å². The molecule has 1 atom stereocenters. The van der Waals surface area contributed by atoms with E-state index < -0.39 is 5.54 Å². The van der Waals surface area contributed by atoms with Crippen molar-refractivity contribution < 1.29 is 14.3 Å². The van der Waals surface area contributed by atoms with E-state index in [9.17, 15) is 4.79 Å². The number of pyridine rings is 1. The van der Waals surface area contributed by atoms with Crippen molar-refractivity contribution in [3.63, 3.8) is 0 Å². The van der Waals surface area contributed by atoms with E-state index in [0.717, 1.165) is 5.56 Å². The maximum atomic E-state index is 11.3. The molecule has 0 radical (unpaired) electrons. The first-order valence-electron chi connectivity index (χ1n) is 5.10. The van der Waals surface area contributed by atoms with Crippen LogP contribution >= 0.6 is 0 Å². The Kier molecular flexibility index (Phi) is 2.78. The molecule has 1 aromatic heterocycles. The Balaban J connectivity index is 2.32. The third-order valence-electron chi connectivity index (χ3n) is 2.78. The van der Waals surface area contributed by atoms with Gasteiger partial charge in [-0.3, -0.25) is 4.79 Å². The molecule has 0 amide bonds. The van der Waals surface area contributed by atoms with Crippen LogP contribution in [0.2, 0.25) is 0 Å². The van der Waals surface area contributed by atoms with Crippen molar-refractivity contribution in [1.29, 1.82) is 0 Å². The minimum Gasteiger partial charge on any atom is -0.477 e. The number of aromatic nitrogens is 1. The standard InChI is InChI=1S/C11H14N2O3/c1-15-9(14)7-11(12)4-6-16-10-8(11)3-2-5-13-10/h2-3,5H,4,6-7,12H2,1H3. The van der Waals surface area contributed by atoms with Crippen LogP contribution in [0.15, 0.2) is 18.3 Å². The quantitative estimate of drug-likeness (QED) is 0.741. The Bertz CT molecular complexity index is 408. The topological polar surface area (TPSA) is 74.4 Å². The second kappa shape index (κ2) is 4.09. The van der Waals surface area contributed by atoms with Crippen LogP contribution in [0.1, 0.15) is 18.4 Å². The number of hydrogen-bond acceptors (Lipinski definition) is 5. The summed E-state index contributed by atoms with van der Waals surface area (Å²) in [4.78, 5) is 15.4. The summed E-state index contributed by atoms with van der Waals surface area (Å²) in [5, 5.41) is 0. The molecule has 5 nitrogen and oxygen atoms in total. The number of fused-ring (bicyclic) bond motifs is 1. The van der Waals surface area contributed by atoms with Gasteiger partial charge < -0.3 is 15.2 Å². The summed E-state index contributed by atoms with van der Waals surface area (Å²) in [6.07, 6.45) is 2.37. The summed E-state index contributed by atoms with van der Waals surface area (Å²) in [6.45, 7) is 0.470. The highest BCUT2D eigenvalue weighted by Gasteiger charge is 2.37. The molecule has 16 heavy (non-hydrogen) atoms. The zero-order chi connectivity index (χ0) is 11.6. The number of ether oxygens (including phenoxy) is 2. The normalized spacial score (nSPS) is 23.1. The number of nitrogens with zero attached hydrogens (tertiary/aromatic N) is 1. The van der Waals surface area contributed by atoms with E-state index in [-0.39, 0.29) is 12.4 Å². The lowest BCUT2D eigenvalue weighted by atomic mass is 9.84. The van der Waals surface area contributed by atoms with Crippen LogP contribution in [-0.2, 0) is 15.1 Å². The average Bonchev–Trinajstić information content (AvgIpc) is 2.29. The lowest BCUT2D eigenvalue weighted by Crippen LogP contribution is -2.43. The van der Waals surface area contributed by atoms with Crippen molar-refractivity contribution in [3.05, 3.63) is 23.9 Å². The first-order chi connectivity index (χ1) is 7.65. The highest BCUT2D eigenvalue weighted by Crippen LogP contribution is 2.35. The van der Waals surface area contributed by atoms with Gasteiger partial charge in [-0.05, 0) is 6.07 Å². The summed E-state index contributed by atoms with van der Waals surface area (Å²) in [5.74, 6) is 0.194.